The highest BCUT2D eigenvalue weighted by Gasteiger charge is 2.36. The Morgan fingerprint density at radius 3 is 2.60 bits per heavy atom. The summed E-state index contributed by atoms with van der Waals surface area (Å²) in [5, 5.41) is 14.4. The van der Waals surface area contributed by atoms with Gasteiger partial charge in [0.1, 0.15) is 0 Å². The van der Waals surface area contributed by atoms with Crippen molar-refractivity contribution in [1.29, 1.82) is 0 Å². The van der Waals surface area contributed by atoms with Crippen LogP contribution in [0.4, 0.5) is 10.5 Å². The van der Waals surface area contributed by atoms with Crippen LogP contribution in [-0.4, -0.2) is 27.6 Å². The molecular formula is C14H19N3O3. The Bertz CT molecular complexity index is 489. The fourth-order valence-corrected chi connectivity index (χ4v) is 2.33. The van der Waals surface area contributed by atoms with Gasteiger partial charge in [-0.15, -0.1) is 0 Å². The quantitative estimate of drug-likeness (QED) is 0.769. The molecule has 0 saturated heterocycles. The van der Waals surface area contributed by atoms with Crippen molar-refractivity contribution < 1.29 is 14.7 Å². The number of carboxylic acids is 1. The molecule has 6 nitrogen and oxygen atoms in total. The van der Waals surface area contributed by atoms with Crippen LogP contribution in [0.25, 0.3) is 0 Å². The SMILES string of the molecule is CCC1(NC(=O)Nc2ccc(CC(=O)O)nc2)CCC1. The van der Waals surface area contributed by atoms with E-state index in [1.165, 1.54) is 6.20 Å². The van der Waals surface area contributed by atoms with Crippen molar-refractivity contribution in [2.75, 3.05) is 5.32 Å². The zero-order chi connectivity index (χ0) is 14.6. The van der Waals surface area contributed by atoms with Crippen LogP contribution in [0.15, 0.2) is 18.3 Å². The van der Waals surface area contributed by atoms with Gasteiger partial charge in [-0.2, -0.15) is 0 Å². The van der Waals surface area contributed by atoms with Crippen molar-refractivity contribution in [3.05, 3.63) is 24.0 Å². The third-order valence-electron chi connectivity index (χ3n) is 3.78. The Labute approximate surface area is 117 Å². The van der Waals surface area contributed by atoms with Crippen LogP contribution in [-0.2, 0) is 11.2 Å². The summed E-state index contributed by atoms with van der Waals surface area (Å²) in [6.45, 7) is 2.07. The smallest absolute Gasteiger partial charge is 0.319 e. The van der Waals surface area contributed by atoms with Gasteiger partial charge < -0.3 is 15.7 Å². The first-order chi connectivity index (χ1) is 9.53. The molecule has 0 atom stereocenters. The van der Waals surface area contributed by atoms with Crippen LogP contribution >= 0.6 is 0 Å². The number of nitrogens with zero attached hydrogens (tertiary/aromatic N) is 1. The molecule has 1 fully saturated rings. The molecule has 2 rings (SSSR count). The van der Waals surface area contributed by atoms with E-state index in [0.29, 0.717) is 11.4 Å². The van der Waals surface area contributed by atoms with Gasteiger partial charge in [-0.05, 0) is 37.8 Å². The second-order valence-corrected chi connectivity index (χ2v) is 5.18. The molecule has 0 aliphatic heterocycles. The summed E-state index contributed by atoms with van der Waals surface area (Å²) in [4.78, 5) is 26.4. The van der Waals surface area contributed by atoms with Crippen LogP contribution in [0.2, 0.25) is 0 Å². The lowest BCUT2D eigenvalue weighted by Gasteiger charge is -2.41. The van der Waals surface area contributed by atoms with E-state index in [1.807, 2.05) is 0 Å². The number of hydrogen-bond donors (Lipinski definition) is 3. The van der Waals surface area contributed by atoms with Crippen LogP contribution < -0.4 is 10.6 Å². The number of carboxylic acid groups (broad SMARTS) is 1. The number of anilines is 1. The fraction of sp³-hybridized carbons (Fsp3) is 0.500. The topological polar surface area (TPSA) is 91.3 Å². The van der Waals surface area contributed by atoms with E-state index in [4.69, 9.17) is 5.11 Å². The van der Waals surface area contributed by atoms with Crippen LogP contribution in [0.5, 0.6) is 0 Å². The lowest BCUT2D eigenvalue weighted by atomic mass is 9.75. The summed E-state index contributed by atoms with van der Waals surface area (Å²) >= 11 is 0. The number of pyridine rings is 1. The molecule has 1 aromatic heterocycles. The third-order valence-corrected chi connectivity index (χ3v) is 3.78. The molecular weight excluding hydrogens is 258 g/mol. The van der Waals surface area contributed by atoms with Gasteiger partial charge in [0.15, 0.2) is 0 Å². The van der Waals surface area contributed by atoms with Crippen LogP contribution in [0.3, 0.4) is 0 Å². The van der Waals surface area contributed by atoms with E-state index in [0.717, 1.165) is 25.7 Å². The molecule has 1 aliphatic rings. The van der Waals surface area contributed by atoms with Gasteiger partial charge in [0.05, 0.1) is 24.0 Å². The highest BCUT2D eigenvalue weighted by molar-refractivity contribution is 5.89. The zero-order valence-electron chi connectivity index (χ0n) is 11.5. The van der Waals surface area contributed by atoms with Crippen molar-refractivity contribution in [2.45, 2.75) is 44.6 Å². The largest absolute Gasteiger partial charge is 0.481 e. The summed E-state index contributed by atoms with van der Waals surface area (Å²) in [5.41, 5.74) is 0.968. The predicted molar refractivity (Wildman–Crippen MR) is 74.6 cm³/mol. The molecule has 20 heavy (non-hydrogen) atoms. The van der Waals surface area contributed by atoms with E-state index in [9.17, 15) is 9.59 Å². The molecule has 0 bridgehead atoms. The highest BCUT2D eigenvalue weighted by atomic mass is 16.4. The normalized spacial score (nSPS) is 16.1. The van der Waals surface area contributed by atoms with E-state index in [2.05, 4.69) is 22.5 Å². The summed E-state index contributed by atoms with van der Waals surface area (Å²) in [7, 11) is 0. The molecule has 1 heterocycles. The zero-order valence-corrected chi connectivity index (χ0v) is 11.5. The lowest BCUT2D eigenvalue weighted by molar-refractivity contribution is -0.136. The van der Waals surface area contributed by atoms with Gasteiger partial charge >= 0.3 is 12.0 Å². The van der Waals surface area contributed by atoms with Gasteiger partial charge in [-0.25, -0.2) is 4.79 Å². The number of aliphatic carboxylic acids is 1. The first-order valence-corrected chi connectivity index (χ1v) is 6.79. The second kappa shape index (κ2) is 5.90. The van der Waals surface area contributed by atoms with Crippen molar-refractivity contribution in [3.63, 3.8) is 0 Å². The summed E-state index contributed by atoms with van der Waals surface area (Å²) in [6, 6.07) is 3.02. The minimum absolute atomic E-state index is 0.0548. The molecule has 108 valence electrons. The maximum atomic E-state index is 11.9. The van der Waals surface area contributed by atoms with Gasteiger partial charge in [0, 0.05) is 5.54 Å². The summed E-state index contributed by atoms with van der Waals surface area (Å²) < 4.78 is 0. The summed E-state index contributed by atoms with van der Waals surface area (Å²) in [6.07, 6.45) is 5.47. The Balaban J connectivity index is 1.89. The number of carbonyl (C=O) groups excluding carboxylic acids is 1. The number of urea groups is 1. The van der Waals surface area contributed by atoms with Crippen molar-refractivity contribution in [2.24, 2.45) is 0 Å². The second-order valence-electron chi connectivity index (χ2n) is 5.18. The average Bonchev–Trinajstić information content (AvgIpc) is 2.36. The van der Waals surface area contributed by atoms with Gasteiger partial charge in [-0.3, -0.25) is 9.78 Å². The number of carbonyl (C=O) groups is 2. The Morgan fingerprint density at radius 2 is 2.15 bits per heavy atom. The van der Waals surface area contributed by atoms with Crippen molar-refractivity contribution in [3.8, 4) is 0 Å². The molecule has 1 aliphatic carbocycles. The Morgan fingerprint density at radius 1 is 1.40 bits per heavy atom. The molecule has 0 unspecified atom stereocenters. The molecule has 0 radical (unpaired) electrons. The maximum absolute atomic E-state index is 11.9. The number of rotatable bonds is 5. The number of aromatic nitrogens is 1. The van der Waals surface area contributed by atoms with Crippen molar-refractivity contribution in [1.82, 2.24) is 10.3 Å². The average molecular weight is 277 g/mol. The standard InChI is InChI=1S/C14H19N3O3/c1-2-14(6-3-7-14)17-13(20)16-11-5-4-10(15-9-11)8-12(18)19/h4-5,9H,2-3,6-8H2,1H3,(H,18,19)(H2,16,17,20). The van der Waals surface area contributed by atoms with Crippen LogP contribution in [0.1, 0.15) is 38.3 Å². The molecule has 1 saturated carbocycles. The molecule has 2 amide bonds. The van der Waals surface area contributed by atoms with E-state index >= 15 is 0 Å². The monoisotopic (exact) mass is 277 g/mol. The van der Waals surface area contributed by atoms with Crippen LogP contribution in [0, 0.1) is 0 Å². The molecule has 0 aromatic carbocycles. The van der Waals surface area contributed by atoms with Gasteiger partial charge in [0.25, 0.3) is 0 Å². The summed E-state index contributed by atoms with van der Waals surface area (Å²) in [5.74, 6) is -0.925. The first-order valence-electron chi connectivity index (χ1n) is 6.79. The Hall–Kier alpha value is -2.11. The fourth-order valence-electron chi connectivity index (χ4n) is 2.33. The molecule has 3 N–H and O–H groups in total. The third kappa shape index (κ3) is 3.46. The molecule has 0 spiro atoms. The number of amides is 2. The minimum Gasteiger partial charge on any atom is -0.481 e. The first kappa shape index (κ1) is 14.3. The maximum Gasteiger partial charge on any atom is 0.319 e. The number of nitrogens with one attached hydrogen (secondary N) is 2. The predicted octanol–water partition coefficient (Wildman–Crippen LogP) is 2.16. The highest BCUT2D eigenvalue weighted by Crippen LogP contribution is 2.34. The van der Waals surface area contributed by atoms with Gasteiger partial charge in [-0.1, -0.05) is 6.92 Å². The molecule has 6 heteroatoms. The Kier molecular flexibility index (Phi) is 4.22. The van der Waals surface area contributed by atoms with E-state index < -0.39 is 5.97 Å². The lowest BCUT2D eigenvalue weighted by Crippen LogP contribution is -2.54. The minimum atomic E-state index is -0.925. The molecule has 1 aromatic rings. The van der Waals surface area contributed by atoms with E-state index in [-0.39, 0.29) is 18.0 Å². The van der Waals surface area contributed by atoms with E-state index in [1.54, 1.807) is 12.1 Å². The number of hydrogen-bond acceptors (Lipinski definition) is 3. The van der Waals surface area contributed by atoms with Crippen molar-refractivity contribution >= 4 is 17.7 Å². The van der Waals surface area contributed by atoms with Gasteiger partial charge in [0.2, 0.25) is 0 Å².